The molecule has 2 aromatic carbocycles. The molecule has 1 amide bonds. The fraction of sp³-hybridized carbons (Fsp3) is 0.318. The first-order chi connectivity index (χ1) is 13.3. The molecule has 140 valence electrons. The number of rotatable bonds is 6. The summed E-state index contributed by atoms with van der Waals surface area (Å²) in [5.41, 5.74) is 2.51. The second-order valence-corrected chi connectivity index (χ2v) is 7.84. The molecule has 0 saturated heterocycles. The van der Waals surface area contributed by atoms with Gasteiger partial charge in [0.05, 0.1) is 6.54 Å². The number of ether oxygens (including phenoxy) is 2. The first kappa shape index (κ1) is 17.9. The molecule has 27 heavy (non-hydrogen) atoms. The van der Waals surface area contributed by atoms with Gasteiger partial charge in [-0.15, -0.1) is 11.3 Å². The topological polar surface area (TPSA) is 47.6 Å². The van der Waals surface area contributed by atoms with E-state index in [0.717, 1.165) is 11.3 Å². The number of fused-ring (bicyclic) bond motifs is 3. The number of amides is 1. The number of aryl methyl sites for hydroxylation is 2. The molecule has 1 N–H and O–H groups in total. The fourth-order valence-corrected chi connectivity index (χ4v) is 4.75. The standard InChI is InChI=1S/C22H23NO3S/c24-22(26-15-16-6-2-1-3-7-16)23-12-13-25-17-10-11-19-18-8-4-5-9-20(18)27-21(19)14-17/h1-3,6-7,10-11,14H,4-5,8-9,12-13,15H2,(H,23,24). The third kappa shape index (κ3) is 4.42. The summed E-state index contributed by atoms with van der Waals surface area (Å²) in [4.78, 5) is 13.3. The van der Waals surface area contributed by atoms with Crippen molar-refractivity contribution in [3.05, 3.63) is 64.5 Å². The average Bonchev–Trinajstić information content (AvgIpc) is 3.08. The third-order valence-electron chi connectivity index (χ3n) is 4.78. The van der Waals surface area contributed by atoms with Crippen molar-refractivity contribution in [2.75, 3.05) is 13.2 Å². The van der Waals surface area contributed by atoms with Gasteiger partial charge in [-0.3, -0.25) is 0 Å². The summed E-state index contributed by atoms with van der Waals surface area (Å²) >= 11 is 1.89. The summed E-state index contributed by atoms with van der Waals surface area (Å²) in [7, 11) is 0. The Morgan fingerprint density at radius 2 is 1.93 bits per heavy atom. The lowest BCUT2D eigenvalue weighted by molar-refractivity contribution is 0.137. The molecule has 3 aromatic rings. The molecule has 0 spiro atoms. The molecule has 4 nitrogen and oxygen atoms in total. The molecule has 1 aliphatic rings. The zero-order chi connectivity index (χ0) is 18.5. The maximum atomic E-state index is 11.7. The van der Waals surface area contributed by atoms with Crippen molar-refractivity contribution in [3.63, 3.8) is 0 Å². The molecular weight excluding hydrogens is 358 g/mol. The Balaban J connectivity index is 1.24. The van der Waals surface area contributed by atoms with Crippen LogP contribution >= 0.6 is 11.3 Å². The average molecular weight is 381 g/mol. The fourth-order valence-electron chi connectivity index (χ4n) is 3.43. The highest BCUT2D eigenvalue weighted by molar-refractivity contribution is 7.19. The Kier molecular flexibility index (Phi) is 5.58. The maximum Gasteiger partial charge on any atom is 0.407 e. The van der Waals surface area contributed by atoms with Crippen molar-refractivity contribution in [2.24, 2.45) is 0 Å². The van der Waals surface area contributed by atoms with Crippen LogP contribution in [0.25, 0.3) is 10.1 Å². The van der Waals surface area contributed by atoms with E-state index in [2.05, 4.69) is 17.4 Å². The molecule has 5 heteroatoms. The van der Waals surface area contributed by atoms with Gasteiger partial charge in [0.25, 0.3) is 0 Å². The molecule has 0 atom stereocenters. The van der Waals surface area contributed by atoms with Gasteiger partial charge in [0.15, 0.2) is 0 Å². The Bertz CT molecular complexity index is 920. The van der Waals surface area contributed by atoms with E-state index in [0.29, 0.717) is 13.2 Å². The first-order valence-electron chi connectivity index (χ1n) is 9.41. The van der Waals surface area contributed by atoms with Gasteiger partial charge in [-0.25, -0.2) is 4.79 Å². The van der Waals surface area contributed by atoms with Crippen LogP contribution in [0.1, 0.15) is 28.8 Å². The van der Waals surface area contributed by atoms with Gasteiger partial charge in [0.2, 0.25) is 0 Å². The lowest BCUT2D eigenvalue weighted by atomic mass is 9.96. The van der Waals surface area contributed by atoms with Crippen molar-refractivity contribution < 1.29 is 14.3 Å². The van der Waals surface area contributed by atoms with E-state index in [1.165, 1.54) is 46.2 Å². The molecule has 0 fully saturated rings. The quantitative estimate of drug-likeness (QED) is 0.605. The van der Waals surface area contributed by atoms with E-state index in [-0.39, 0.29) is 6.61 Å². The third-order valence-corrected chi connectivity index (χ3v) is 6.04. The van der Waals surface area contributed by atoms with Gasteiger partial charge in [0.1, 0.15) is 19.0 Å². The lowest BCUT2D eigenvalue weighted by Gasteiger charge is -2.10. The molecule has 4 rings (SSSR count). The number of carbonyl (C=O) groups is 1. The molecule has 0 radical (unpaired) electrons. The number of nitrogens with one attached hydrogen (secondary N) is 1. The van der Waals surface area contributed by atoms with E-state index < -0.39 is 6.09 Å². The summed E-state index contributed by atoms with van der Waals surface area (Å²) in [6.45, 7) is 1.09. The highest BCUT2D eigenvalue weighted by Gasteiger charge is 2.16. The molecule has 0 bridgehead atoms. The summed E-state index contributed by atoms with van der Waals surface area (Å²) in [5.74, 6) is 0.848. The Hall–Kier alpha value is -2.53. The normalized spacial score (nSPS) is 13.2. The van der Waals surface area contributed by atoms with Gasteiger partial charge in [-0.1, -0.05) is 30.3 Å². The van der Waals surface area contributed by atoms with E-state index in [9.17, 15) is 4.79 Å². The van der Waals surface area contributed by atoms with Crippen LogP contribution in [0.5, 0.6) is 5.75 Å². The number of carbonyl (C=O) groups excluding carboxylic acids is 1. The van der Waals surface area contributed by atoms with Crippen LogP contribution in [-0.2, 0) is 24.2 Å². The second-order valence-electron chi connectivity index (χ2n) is 6.71. The molecule has 1 aromatic heterocycles. The van der Waals surface area contributed by atoms with Gasteiger partial charge in [-0.2, -0.15) is 0 Å². The number of hydrogen-bond donors (Lipinski definition) is 1. The number of thiophene rings is 1. The number of benzene rings is 2. The SMILES string of the molecule is O=C(NCCOc1ccc2c3c(sc2c1)CCCC3)OCc1ccccc1. The van der Waals surface area contributed by atoms with Crippen molar-refractivity contribution in [3.8, 4) is 5.75 Å². The number of alkyl carbamates (subject to hydrolysis) is 1. The van der Waals surface area contributed by atoms with E-state index in [1.54, 1.807) is 0 Å². The van der Waals surface area contributed by atoms with Crippen LogP contribution in [0.15, 0.2) is 48.5 Å². The van der Waals surface area contributed by atoms with Crippen LogP contribution in [0.2, 0.25) is 0 Å². The molecule has 0 saturated carbocycles. The summed E-state index contributed by atoms with van der Waals surface area (Å²) in [6.07, 6.45) is 4.58. The van der Waals surface area contributed by atoms with Gasteiger partial charge >= 0.3 is 6.09 Å². The van der Waals surface area contributed by atoms with Crippen LogP contribution < -0.4 is 10.1 Å². The predicted octanol–water partition coefficient (Wildman–Crippen LogP) is 5.09. The molecule has 0 aliphatic heterocycles. The second kappa shape index (κ2) is 8.44. The highest BCUT2D eigenvalue weighted by atomic mass is 32.1. The zero-order valence-corrected chi connectivity index (χ0v) is 16.0. The smallest absolute Gasteiger partial charge is 0.407 e. The Morgan fingerprint density at radius 1 is 1.07 bits per heavy atom. The van der Waals surface area contributed by atoms with Crippen molar-refractivity contribution in [2.45, 2.75) is 32.3 Å². The van der Waals surface area contributed by atoms with E-state index >= 15 is 0 Å². The van der Waals surface area contributed by atoms with E-state index in [4.69, 9.17) is 9.47 Å². The van der Waals surface area contributed by atoms with Crippen LogP contribution in [0.4, 0.5) is 4.79 Å². The lowest BCUT2D eigenvalue weighted by Crippen LogP contribution is -2.28. The zero-order valence-electron chi connectivity index (χ0n) is 15.2. The molecular formula is C22H23NO3S. The summed E-state index contributed by atoms with van der Waals surface area (Å²) < 4.78 is 12.3. The van der Waals surface area contributed by atoms with Gasteiger partial charge in [0, 0.05) is 9.58 Å². The summed E-state index contributed by atoms with van der Waals surface area (Å²) in [6, 6.07) is 15.9. The Morgan fingerprint density at radius 3 is 2.81 bits per heavy atom. The summed E-state index contributed by atoms with van der Waals surface area (Å²) in [5, 5.41) is 4.10. The minimum absolute atomic E-state index is 0.271. The Labute approximate surface area is 163 Å². The minimum atomic E-state index is -0.427. The van der Waals surface area contributed by atoms with Crippen LogP contribution in [-0.4, -0.2) is 19.2 Å². The molecule has 1 heterocycles. The van der Waals surface area contributed by atoms with Gasteiger partial charge in [-0.05, 0) is 60.4 Å². The van der Waals surface area contributed by atoms with Crippen molar-refractivity contribution in [1.29, 1.82) is 0 Å². The largest absolute Gasteiger partial charge is 0.492 e. The van der Waals surface area contributed by atoms with Crippen LogP contribution in [0, 0.1) is 0 Å². The predicted molar refractivity (Wildman–Crippen MR) is 109 cm³/mol. The van der Waals surface area contributed by atoms with Crippen molar-refractivity contribution >= 4 is 27.5 Å². The first-order valence-corrected chi connectivity index (χ1v) is 10.2. The van der Waals surface area contributed by atoms with Crippen LogP contribution in [0.3, 0.4) is 0 Å². The monoisotopic (exact) mass is 381 g/mol. The highest BCUT2D eigenvalue weighted by Crippen LogP contribution is 2.37. The number of hydrogen-bond acceptors (Lipinski definition) is 4. The molecule has 0 unspecified atom stereocenters. The van der Waals surface area contributed by atoms with E-state index in [1.807, 2.05) is 47.7 Å². The molecule has 1 aliphatic carbocycles. The van der Waals surface area contributed by atoms with Crippen molar-refractivity contribution in [1.82, 2.24) is 5.32 Å². The minimum Gasteiger partial charge on any atom is -0.492 e. The maximum absolute atomic E-state index is 11.7. The van der Waals surface area contributed by atoms with Gasteiger partial charge < -0.3 is 14.8 Å².